The minimum atomic E-state index is -0.864. The maximum atomic E-state index is 14.7. The van der Waals surface area contributed by atoms with Gasteiger partial charge >= 0.3 is 0 Å². The lowest BCUT2D eigenvalue weighted by Gasteiger charge is -2.30. The second-order valence-electron chi connectivity index (χ2n) is 8.70. The first kappa shape index (κ1) is 28.6. The van der Waals surface area contributed by atoms with E-state index in [1.165, 1.54) is 6.07 Å². The molecular weight excluding hydrogens is 484 g/mol. The largest absolute Gasteiger partial charge is 0.497 e. The fourth-order valence-electron chi connectivity index (χ4n) is 4.69. The number of fused-ring (bicyclic) bond motifs is 1. The van der Waals surface area contributed by atoms with E-state index >= 15 is 0 Å². The van der Waals surface area contributed by atoms with Crippen LogP contribution in [0.2, 0.25) is 0 Å². The summed E-state index contributed by atoms with van der Waals surface area (Å²) in [7, 11) is 1.61. The molecule has 4 rings (SSSR count). The normalized spacial score (nSPS) is 17.2. The van der Waals surface area contributed by atoms with E-state index in [0.29, 0.717) is 23.4 Å². The Balaban J connectivity index is 0.00000195. The van der Waals surface area contributed by atoms with Gasteiger partial charge in [-0.3, -0.25) is 10.4 Å². The van der Waals surface area contributed by atoms with Crippen molar-refractivity contribution in [3.63, 3.8) is 0 Å². The van der Waals surface area contributed by atoms with Gasteiger partial charge < -0.3 is 14.4 Å². The van der Waals surface area contributed by atoms with Gasteiger partial charge in [-0.15, -0.1) is 0 Å². The summed E-state index contributed by atoms with van der Waals surface area (Å²) in [6.07, 6.45) is 3.77. The number of ether oxygens (including phenoxy) is 2. The summed E-state index contributed by atoms with van der Waals surface area (Å²) in [5.41, 5.74) is 3.16. The van der Waals surface area contributed by atoms with E-state index in [1.807, 2.05) is 70.2 Å². The fraction of sp³-hybridized carbons (Fsp3) is 0.290. The number of likely N-dealkylation sites (N-methyl/N-ethyl adjacent to an activating group) is 1. The van der Waals surface area contributed by atoms with Gasteiger partial charge in [0.05, 0.1) is 7.11 Å². The zero-order valence-corrected chi connectivity index (χ0v) is 22.6. The average molecular weight is 520 g/mol. The minimum absolute atomic E-state index is 0.0142. The molecule has 0 spiro atoms. The Morgan fingerprint density at radius 3 is 2.47 bits per heavy atom. The molecule has 1 aliphatic rings. The van der Waals surface area contributed by atoms with Crippen molar-refractivity contribution in [2.75, 3.05) is 25.3 Å². The highest BCUT2D eigenvalue weighted by Crippen LogP contribution is 2.50. The molecule has 1 unspecified atom stereocenters. The second kappa shape index (κ2) is 13.0. The van der Waals surface area contributed by atoms with Crippen LogP contribution in [-0.2, 0) is 16.6 Å². The maximum absolute atomic E-state index is 14.7. The van der Waals surface area contributed by atoms with Gasteiger partial charge in [-0.1, -0.05) is 44.2 Å². The Hall–Kier alpha value is -4.00. The van der Waals surface area contributed by atoms with Crippen molar-refractivity contribution in [2.24, 2.45) is 4.99 Å². The first-order chi connectivity index (χ1) is 18.4. The van der Waals surface area contributed by atoms with Crippen LogP contribution in [0.25, 0.3) is 0 Å². The van der Waals surface area contributed by atoms with Crippen molar-refractivity contribution in [3.8, 4) is 5.75 Å². The smallest absolute Gasteiger partial charge is 0.215 e. The Morgan fingerprint density at radius 1 is 1.05 bits per heavy atom. The summed E-state index contributed by atoms with van der Waals surface area (Å²) in [4.78, 5) is 6.46. The van der Waals surface area contributed by atoms with E-state index in [-0.39, 0.29) is 19.0 Å². The molecule has 1 aliphatic heterocycles. The number of halogens is 2. The molecule has 1 N–H and O–H groups in total. The molecule has 0 saturated carbocycles. The molecule has 0 bridgehead atoms. The molecule has 200 valence electrons. The Kier molecular flexibility index (Phi) is 9.77. The standard InChI is InChI=1S/C29H29F2N3O2.C2H6/c1-4-34-25-14-13-22(35-3)17-23(25)29(2,18-21-11-8-12-24(30)27(21)31)26(34)15-16-33-19-36-28(32)20-9-6-5-7-10-20;1-2/h5-17,32H,4,18-19H2,1-3H3;1-2H3/b26-15-,32-28?,33-16-;. The number of rotatable bonds is 8. The zero-order valence-electron chi connectivity index (χ0n) is 22.6. The summed E-state index contributed by atoms with van der Waals surface area (Å²) >= 11 is 0. The summed E-state index contributed by atoms with van der Waals surface area (Å²) in [5, 5.41) is 8.05. The molecule has 3 aromatic rings. The number of nitrogens with zero attached hydrogens (tertiary/aromatic N) is 2. The lowest BCUT2D eigenvalue weighted by Crippen LogP contribution is -2.31. The van der Waals surface area contributed by atoms with Gasteiger partial charge in [0.25, 0.3) is 0 Å². The number of aliphatic imine (C=N–C) groups is 1. The summed E-state index contributed by atoms with van der Waals surface area (Å²) in [5.74, 6) is -0.961. The fourth-order valence-corrected chi connectivity index (χ4v) is 4.69. The van der Waals surface area contributed by atoms with Crippen LogP contribution in [0.4, 0.5) is 14.5 Å². The SMILES string of the molecule is CC.CCN1/C(=C\C=N/COC(=N)c2ccccc2)C(C)(Cc2cccc(F)c2F)c2cc(OC)ccc21. The van der Waals surface area contributed by atoms with Gasteiger partial charge in [0.2, 0.25) is 5.90 Å². The van der Waals surface area contributed by atoms with E-state index < -0.39 is 17.0 Å². The molecule has 0 aliphatic carbocycles. The Morgan fingerprint density at radius 2 is 1.79 bits per heavy atom. The number of hydrogen-bond acceptors (Lipinski definition) is 5. The lowest BCUT2D eigenvalue weighted by atomic mass is 9.76. The molecule has 0 radical (unpaired) electrons. The number of allylic oxidation sites excluding steroid dienone is 2. The number of nitrogens with one attached hydrogen (secondary N) is 1. The lowest BCUT2D eigenvalue weighted by molar-refractivity contribution is 0.317. The number of anilines is 1. The molecule has 38 heavy (non-hydrogen) atoms. The molecule has 0 amide bonds. The summed E-state index contributed by atoms with van der Waals surface area (Å²) < 4.78 is 39.7. The number of methoxy groups -OCH3 is 1. The van der Waals surface area contributed by atoms with Gasteiger partial charge in [0, 0.05) is 35.1 Å². The van der Waals surface area contributed by atoms with E-state index in [2.05, 4.69) is 9.89 Å². The number of benzene rings is 3. The Bertz CT molecular complexity index is 1310. The first-order valence-corrected chi connectivity index (χ1v) is 12.7. The van der Waals surface area contributed by atoms with Crippen LogP contribution in [0.3, 0.4) is 0 Å². The Labute approximate surface area is 223 Å². The molecule has 1 atom stereocenters. The molecule has 5 nitrogen and oxygen atoms in total. The van der Waals surface area contributed by atoms with Crippen LogP contribution < -0.4 is 9.64 Å². The van der Waals surface area contributed by atoms with Crippen LogP contribution in [0, 0.1) is 17.0 Å². The van der Waals surface area contributed by atoms with Gasteiger partial charge in [0.15, 0.2) is 18.4 Å². The summed E-state index contributed by atoms with van der Waals surface area (Å²) in [6.45, 7) is 8.72. The van der Waals surface area contributed by atoms with Crippen molar-refractivity contribution in [1.82, 2.24) is 0 Å². The molecule has 3 aromatic carbocycles. The van der Waals surface area contributed by atoms with E-state index in [0.717, 1.165) is 23.0 Å². The maximum Gasteiger partial charge on any atom is 0.215 e. The predicted octanol–water partition coefficient (Wildman–Crippen LogP) is 7.29. The van der Waals surface area contributed by atoms with Gasteiger partial charge in [0.1, 0.15) is 5.75 Å². The molecular formula is C31H35F2N3O2. The average Bonchev–Trinajstić information content (AvgIpc) is 3.18. The monoisotopic (exact) mass is 519 g/mol. The molecule has 0 aromatic heterocycles. The van der Waals surface area contributed by atoms with E-state index in [1.54, 1.807) is 31.5 Å². The molecule has 1 heterocycles. The van der Waals surface area contributed by atoms with E-state index in [4.69, 9.17) is 14.9 Å². The third-order valence-corrected chi connectivity index (χ3v) is 6.49. The van der Waals surface area contributed by atoms with Crippen molar-refractivity contribution < 1.29 is 18.3 Å². The second-order valence-corrected chi connectivity index (χ2v) is 8.70. The quantitative estimate of drug-likeness (QED) is 0.251. The third-order valence-electron chi connectivity index (χ3n) is 6.49. The van der Waals surface area contributed by atoms with Gasteiger partial charge in [-0.25, -0.2) is 8.78 Å². The van der Waals surface area contributed by atoms with Gasteiger partial charge in [-0.2, -0.15) is 0 Å². The van der Waals surface area contributed by atoms with Crippen LogP contribution in [0.5, 0.6) is 5.75 Å². The van der Waals surface area contributed by atoms with Crippen LogP contribution >= 0.6 is 0 Å². The van der Waals surface area contributed by atoms with Crippen molar-refractivity contribution in [3.05, 3.63) is 107 Å². The van der Waals surface area contributed by atoms with Gasteiger partial charge in [-0.05, 0) is 73.9 Å². The highest BCUT2D eigenvalue weighted by atomic mass is 19.2. The number of hydrogen-bond donors (Lipinski definition) is 1. The van der Waals surface area contributed by atoms with Crippen LogP contribution in [0.15, 0.2) is 83.5 Å². The molecule has 7 heteroatoms. The minimum Gasteiger partial charge on any atom is -0.497 e. The van der Waals surface area contributed by atoms with Crippen molar-refractivity contribution >= 4 is 17.8 Å². The molecule has 0 fully saturated rings. The van der Waals surface area contributed by atoms with E-state index in [9.17, 15) is 8.78 Å². The van der Waals surface area contributed by atoms with Crippen LogP contribution in [-0.4, -0.2) is 32.5 Å². The van der Waals surface area contributed by atoms with Crippen molar-refractivity contribution in [1.29, 1.82) is 5.41 Å². The highest BCUT2D eigenvalue weighted by Gasteiger charge is 2.43. The van der Waals surface area contributed by atoms with Crippen molar-refractivity contribution in [2.45, 2.75) is 39.5 Å². The highest BCUT2D eigenvalue weighted by molar-refractivity contribution is 5.91. The topological polar surface area (TPSA) is 57.9 Å². The zero-order chi connectivity index (χ0) is 27.7. The summed E-state index contributed by atoms with van der Waals surface area (Å²) in [6, 6.07) is 19.3. The third kappa shape index (κ3) is 5.93. The molecule has 0 saturated heterocycles. The predicted molar refractivity (Wildman–Crippen MR) is 151 cm³/mol. The van der Waals surface area contributed by atoms with Crippen LogP contribution in [0.1, 0.15) is 44.4 Å². The first-order valence-electron chi connectivity index (χ1n) is 12.7.